The van der Waals surface area contributed by atoms with E-state index in [1.54, 1.807) is 25.3 Å². The van der Waals surface area contributed by atoms with E-state index in [1.807, 2.05) is 0 Å². The summed E-state index contributed by atoms with van der Waals surface area (Å²) in [6.45, 7) is 2.51. The molecule has 23 heavy (non-hydrogen) atoms. The zero-order valence-corrected chi connectivity index (χ0v) is 14.1. The molecule has 0 saturated heterocycles. The van der Waals surface area contributed by atoms with Crippen molar-refractivity contribution in [3.63, 3.8) is 0 Å². The van der Waals surface area contributed by atoms with Crippen molar-refractivity contribution in [2.45, 2.75) is 0 Å². The molecule has 0 radical (unpaired) electrons. The van der Waals surface area contributed by atoms with E-state index in [0.717, 1.165) is 6.54 Å². The third kappa shape index (κ3) is 5.76. The first-order valence-electron chi connectivity index (χ1n) is 6.73. The number of amides is 1. The molecule has 1 heterocycles. The van der Waals surface area contributed by atoms with Crippen molar-refractivity contribution >= 4 is 29.9 Å². The number of carbonyl (C=O) groups is 1. The Hall–Kier alpha value is -1.74. The van der Waals surface area contributed by atoms with Crippen LogP contribution in [0.2, 0.25) is 5.02 Å². The molecule has 0 atom stereocenters. The van der Waals surface area contributed by atoms with Crippen molar-refractivity contribution in [3.05, 3.63) is 35.1 Å². The quantitative estimate of drug-likeness (QED) is 0.673. The highest BCUT2D eigenvalue weighted by Gasteiger charge is 2.14. The lowest BCUT2D eigenvalue weighted by Crippen LogP contribution is -2.33. The van der Waals surface area contributed by atoms with Gasteiger partial charge in [-0.15, -0.1) is 17.5 Å². The number of rotatable bonds is 8. The molecule has 2 N–H and O–H groups in total. The Kier molecular flexibility index (Phi) is 8.49. The zero-order chi connectivity index (χ0) is 15.8. The van der Waals surface area contributed by atoms with Gasteiger partial charge in [-0.05, 0) is 28.6 Å². The van der Waals surface area contributed by atoms with Gasteiger partial charge in [0.25, 0.3) is 5.91 Å². The lowest BCUT2D eigenvalue weighted by molar-refractivity contribution is 0.0953. The highest BCUT2D eigenvalue weighted by atomic mass is 35.5. The van der Waals surface area contributed by atoms with Crippen LogP contribution in [0.3, 0.4) is 0 Å². The molecule has 0 aliphatic heterocycles. The van der Waals surface area contributed by atoms with Gasteiger partial charge in [0.15, 0.2) is 0 Å². The van der Waals surface area contributed by atoms with Crippen molar-refractivity contribution in [3.8, 4) is 5.69 Å². The third-order valence-electron chi connectivity index (χ3n) is 2.87. The Bertz CT molecular complexity index is 609. The van der Waals surface area contributed by atoms with Gasteiger partial charge in [0.05, 0.1) is 17.9 Å². The number of benzene rings is 1. The molecule has 0 fully saturated rings. The molecule has 0 saturated carbocycles. The van der Waals surface area contributed by atoms with Crippen LogP contribution in [-0.4, -0.2) is 59.5 Å². The Morgan fingerprint density at radius 2 is 2.17 bits per heavy atom. The molecule has 1 amide bonds. The van der Waals surface area contributed by atoms with Gasteiger partial charge in [-0.2, -0.15) is 4.68 Å². The van der Waals surface area contributed by atoms with Gasteiger partial charge in [0.1, 0.15) is 6.33 Å². The summed E-state index contributed by atoms with van der Waals surface area (Å²) in [7, 11) is 1.64. The van der Waals surface area contributed by atoms with Crippen molar-refractivity contribution in [1.29, 1.82) is 0 Å². The second-order valence-electron chi connectivity index (χ2n) is 4.41. The van der Waals surface area contributed by atoms with Crippen LogP contribution in [0.5, 0.6) is 0 Å². The number of ether oxygens (including phenoxy) is 1. The largest absolute Gasteiger partial charge is 0.383 e. The second kappa shape index (κ2) is 10.1. The number of halogens is 2. The number of nitrogens with zero attached hydrogens (tertiary/aromatic N) is 4. The lowest BCUT2D eigenvalue weighted by Gasteiger charge is -2.10. The standard InChI is InChI=1S/C13H17ClN6O2.ClH/c1-22-7-6-15-4-5-16-13(21)11-8-10(14)2-3-12(11)20-9-17-18-19-20;/h2-3,8-9,15H,4-7H2,1H3,(H,16,21);1H. The van der Waals surface area contributed by atoms with Crippen LogP contribution in [-0.2, 0) is 4.74 Å². The van der Waals surface area contributed by atoms with Crippen molar-refractivity contribution in [1.82, 2.24) is 30.8 Å². The first-order valence-corrected chi connectivity index (χ1v) is 7.11. The third-order valence-corrected chi connectivity index (χ3v) is 3.10. The molecule has 0 aliphatic carbocycles. The number of carbonyl (C=O) groups excluding carboxylic acids is 1. The van der Waals surface area contributed by atoms with Gasteiger partial charge in [0, 0.05) is 31.8 Å². The Balaban J connectivity index is 0.00000264. The van der Waals surface area contributed by atoms with E-state index in [4.69, 9.17) is 16.3 Å². The minimum absolute atomic E-state index is 0. The topological polar surface area (TPSA) is 94.0 Å². The van der Waals surface area contributed by atoms with Gasteiger partial charge in [-0.25, -0.2) is 0 Å². The molecule has 2 aromatic rings. The van der Waals surface area contributed by atoms with Crippen molar-refractivity contribution in [2.75, 3.05) is 33.4 Å². The molecular formula is C13H18Cl2N6O2. The van der Waals surface area contributed by atoms with Crippen LogP contribution in [0, 0.1) is 0 Å². The SMILES string of the molecule is COCCNCCNC(=O)c1cc(Cl)ccc1-n1cnnn1.Cl. The fraction of sp³-hybridized carbons (Fsp3) is 0.385. The average molecular weight is 361 g/mol. The van der Waals surface area contributed by atoms with Gasteiger partial charge in [0.2, 0.25) is 0 Å². The summed E-state index contributed by atoms with van der Waals surface area (Å²) in [4.78, 5) is 12.3. The highest BCUT2D eigenvalue weighted by Crippen LogP contribution is 2.18. The molecule has 8 nitrogen and oxygen atoms in total. The van der Waals surface area contributed by atoms with Gasteiger partial charge >= 0.3 is 0 Å². The highest BCUT2D eigenvalue weighted by molar-refractivity contribution is 6.31. The summed E-state index contributed by atoms with van der Waals surface area (Å²) in [6.07, 6.45) is 1.42. The number of hydrogen-bond donors (Lipinski definition) is 2. The van der Waals surface area contributed by atoms with E-state index < -0.39 is 0 Å². The van der Waals surface area contributed by atoms with Crippen LogP contribution in [0.25, 0.3) is 5.69 Å². The molecule has 1 aromatic carbocycles. The number of aromatic nitrogens is 4. The summed E-state index contributed by atoms with van der Waals surface area (Å²) in [6, 6.07) is 4.97. The Labute approximate surface area is 144 Å². The summed E-state index contributed by atoms with van der Waals surface area (Å²) in [5.41, 5.74) is 0.982. The predicted octanol–water partition coefficient (Wildman–Crippen LogP) is 0.703. The lowest BCUT2D eigenvalue weighted by atomic mass is 10.1. The summed E-state index contributed by atoms with van der Waals surface area (Å²) in [5.74, 6) is -0.235. The van der Waals surface area contributed by atoms with E-state index >= 15 is 0 Å². The van der Waals surface area contributed by atoms with Crippen molar-refractivity contribution < 1.29 is 9.53 Å². The minimum Gasteiger partial charge on any atom is -0.383 e. The second-order valence-corrected chi connectivity index (χ2v) is 4.85. The van der Waals surface area contributed by atoms with E-state index in [-0.39, 0.29) is 18.3 Å². The van der Waals surface area contributed by atoms with Crippen LogP contribution in [0.1, 0.15) is 10.4 Å². The van der Waals surface area contributed by atoms with Gasteiger partial charge in [-0.3, -0.25) is 4.79 Å². The fourth-order valence-corrected chi connectivity index (χ4v) is 1.99. The molecule has 0 aliphatic rings. The summed E-state index contributed by atoms with van der Waals surface area (Å²) >= 11 is 5.97. The average Bonchev–Trinajstić information content (AvgIpc) is 3.04. The number of methoxy groups -OCH3 is 1. The number of tetrazole rings is 1. The zero-order valence-electron chi connectivity index (χ0n) is 12.5. The Morgan fingerprint density at radius 3 is 2.87 bits per heavy atom. The predicted molar refractivity (Wildman–Crippen MR) is 88.5 cm³/mol. The van der Waals surface area contributed by atoms with E-state index in [1.165, 1.54) is 11.0 Å². The molecule has 0 unspecified atom stereocenters. The maximum atomic E-state index is 12.3. The maximum absolute atomic E-state index is 12.3. The smallest absolute Gasteiger partial charge is 0.253 e. The van der Waals surface area contributed by atoms with E-state index in [0.29, 0.717) is 36.0 Å². The fourth-order valence-electron chi connectivity index (χ4n) is 1.82. The molecule has 1 aromatic heterocycles. The summed E-state index contributed by atoms with van der Waals surface area (Å²) < 4.78 is 6.34. The first-order chi connectivity index (χ1) is 10.7. The number of nitrogens with one attached hydrogen (secondary N) is 2. The molecule has 10 heteroatoms. The molecule has 0 spiro atoms. The van der Waals surface area contributed by atoms with Gasteiger partial charge < -0.3 is 15.4 Å². The van der Waals surface area contributed by atoms with Crippen LogP contribution >= 0.6 is 24.0 Å². The van der Waals surface area contributed by atoms with E-state index in [2.05, 4.69) is 26.2 Å². The number of hydrogen-bond acceptors (Lipinski definition) is 6. The van der Waals surface area contributed by atoms with Gasteiger partial charge in [-0.1, -0.05) is 11.6 Å². The first kappa shape index (κ1) is 19.3. The molecule has 0 bridgehead atoms. The van der Waals surface area contributed by atoms with Crippen LogP contribution < -0.4 is 10.6 Å². The molecule has 2 rings (SSSR count). The molecule has 126 valence electrons. The Morgan fingerprint density at radius 1 is 1.35 bits per heavy atom. The van der Waals surface area contributed by atoms with Crippen LogP contribution in [0.4, 0.5) is 0 Å². The normalized spacial score (nSPS) is 10.2. The monoisotopic (exact) mass is 360 g/mol. The van der Waals surface area contributed by atoms with Crippen LogP contribution in [0.15, 0.2) is 24.5 Å². The maximum Gasteiger partial charge on any atom is 0.253 e. The van der Waals surface area contributed by atoms with E-state index in [9.17, 15) is 4.79 Å². The van der Waals surface area contributed by atoms with Crippen molar-refractivity contribution in [2.24, 2.45) is 0 Å². The minimum atomic E-state index is -0.235. The summed E-state index contributed by atoms with van der Waals surface area (Å²) in [5, 5.41) is 17.4. The molecular weight excluding hydrogens is 343 g/mol.